The Morgan fingerprint density at radius 3 is 1.46 bits per heavy atom. The molecule has 0 radical (unpaired) electrons. The molecule has 0 bridgehead atoms. The van der Waals surface area contributed by atoms with Gasteiger partial charge in [-0.1, -0.05) is 78.9 Å². The highest BCUT2D eigenvalue weighted by atomic mass is 16.4. The Morgan fingerprint density at radius 1 is 0.522 bits per heavy atom. The summed E-state index contributed by atoms with van der Waals surface area (Å²) >= 11 is 0. The first-order chi connectivity index (χ1) is 22.2. The molecule has 224 valence electrons. The lowest BCUT2D eigenvalue weighted by atomic mass is 9.83. The first-order valence-electron chi connectivity index (χ1n) is 14.5. The van der Waals surface area contributed by atoms with Gasteiger partial charge in [0.15, 0.2) is 5.78 Å². The maximum absolute atomic E-state index is 13.7. The Hall–Kier alpha value is -6.12. The van der Waals surface area contributed by atoms with E-state index in [4.69, 9.17) is 0 Å². The molecule has 8 heteroatoms. The van der Waals surface area contributed by atoms with E-state index in [0.717, 1.165) is 0 Å². The molecular weight excluding hydrogens is 582 g/mol. The molecule has 8 nitrogen and oxygen atoms in total. The molecule has 0 aliphatic carbocycles. The van der Waals surface area contributed by atoms with E-state index in [1.165, 1.54) is 12.1 Å². The lowest BCUT2D eigenvalue weighted by molar-refractivity contribution is 0.0688. The maximum Gasteiger partial charge on any atom is 0.336 e. The third-order valence-electron chi connectivity index (χ3n) is 8.50. The Morgan fingerprint density at radius 2 is 0.957 bits per heavy atom. The topological polar surface area (TPSA) is 141 Å². The van der Waals surface area contributed by atoms with Crippen LogP contribution in [0.2, 0.25) is 0 Å². The number of aliphatic hydroxyl groups excluding tert-OH is 1. The van der Waals surface area contributed by atoms with Gasteiger partial charge in [0.05, 0.1) is 17.2 Å². The van der Waals surface area contributed by atoms with Crippen LogP contribution in [0, 0.1) is 0 Å². The highest BCUT2D eigenvalue weighted by Crippen LogP contribution is 2.44. The summed E-state index contributed by atoms with van der Waals surface area (Å²) in [4.78, 5) is 52.3. The fourth-order valence-electron chi connectivity index (χ4n) is 6.47. The van der Waals surface area contributed by atoms with Crippen LogP contribution in [0.1, 0.15) is 59.5 Å². The summed E-state index contributed by atoms with van der Waals surface area (Å²) in [5.74, 6) is -3.32. The number of carbonyl (C=O) groups is 4. The molecular formula is C38H25NO7. The zero-order valence-electron chi connectivity index (χ0n) is 24.2. The number of fused-ring (bicyclic) bond motifs is 2. The van der Waals surface area contributed by atoms with Crippen LogP contribution in [0.3, 0.4) is 0 Å². The smallest absolute Gasteiger partial charge is 0.336 e. The molecule has 46 heavy (non-hydrogen) atoms. The first kappa shape index (κ1) is 28.6. The van der Waals surface area contributed by atoms with Crippen LogP contribution in [0.4, 0.5) is 5.69 Å². The third-order valence-corrected chi connectivity index (χ3v) is 8.50. The van der Waals surface area contributed by atoms with Crippen molar-refractivity contribution in [3.05, 3.63) is 137 Å². The van der Waals surface area contributed by atoms with Gasteiger partial charge in [0, 0.05) is 34.0 Å². The number of carbonyl (C=O) groups excluding carboxylic acids is 2. The van der Waals surface area contributed by atoms with Crippen LogP contribution in [0.25, 0.3) is 43.1 Å². The van der Waals surface area contributed by atoms with E-state index in [2.05, 4.69) is 5.32 Å². The van der Waals surface area contributed by atoms with E-state index in [1.807, 2.05) is 6.07 Å². The van der Waals surface area contributed by atoms with Crippen molar-refractivity contribution in [2.75, 3.05) is 5.32 Å². The number of benzene rings is 7. The zero-order chi connectivity index (χ0) is 32.1. The molecule has 0 aromatic heterocycles. The third kappa shape index (κ3) is 4.60. The van der Waals surface area contributed by atoms with Gasteiger partial charge in [-0.25, -0.2) is 9.59 Å². The number of ketones is 1. The van der Waals surface area contributed by atoms with Crippen LogP contribution in [-0.4, -0.2) is 38.9 Å². The number of amides is 1. The van der Waals surface area contributed by atoms with Crippen molar-refractivity contribution in [3.8, 4) is 0 Å². The van der Waals surface area contributed by atoms with Gasteiger partial charge in [0.2, 0.25) is 0 Å². The largest absolute Gasteiger partial charge is 0.478 e. The fourth-order valence-corrected chi connectivity index (χ4v) is 6.47. The van der Waals surface area contributed by atoms with Gasteiger partial charge in [-0.05, 0) is 68.2 Å². The van der Waals surface area contributed by atoms with Crippen LogP contribution < -0.4 is 5.32 Å². The number of hydrogen-bond donors (Lipinski definition) is 4. The number of anilines is 1. The lowest BCUT2D eigenvalue weighted by Gasteiger charge is -2.20. The monoisotopic (exact) mass is 607 g/mol. The molecule has 0 aliphatic rings. The molecule has 4 N–H and O–H groups in total. The summed E-state index contributed by atoms with van der Waals surface area (Å²) in [7, 11) is 0. The molecule has 1 amide bonds. The number of hydrogen-bond acceptors (Lipinski definition) is 5. The van der Waals surface area contributed by atoms with Crippen molar-refractivity contribution in [3.63, 3.8) is 0 Å². The molecule has 7 aromatic carbocycles. The second-order valence-electron chi connectivity index (χ2n) is 11.1. The van der Waals surface area contributed by atoms with Crippen LogP contribution in [0.5, 0.6) is 0 Å². The van der Waals surface area contributed by atoms with Gasteiger partial charge >= 0.3 is 11.9 Å². The van der Waals surface area contributed by atoms with E-state index in [1.54, 1.807) is 91.0 Å². The molecule has 0 fully saturated rings. The van der Waals surface area contributed by atoms with Crippen LogP contribution >= 0.6 is 0 Å². The number of aromatic carboxylic acids is 2. The summed E-state index contributed by atoms with van der Waals surface area (Å²) in [6.45, 7) is 0. The van der Waals surface area contributed by atoms with Crippen molar-refractivity contribution < 1.29 is 34.5 Å². The Bertz CT molecular complexity index is 2350. The predicted molar refractivity (Wildman–Crippen MR) is 176 cm³/mol. The molecule has 0 aliphatic heterocycles. The van der Waals surface area contributed by atoms with Crippen LogP contribution in [-0.2, 0) is 0 Å². The number of aliphatic hydroxyl groups is 1. The maximum atomic E-state index is 13.7. The van der Waals surface area contributed by atoms with Gasteiger partial charge in [0.25, 0.3) is 5.91 Å². The first-order valence-corrected chi connectivity index (χ1v) is 14.5. The lowest BCUT2D eigenvalue weighted by Crippen LogP contribution is -2.14. The highest BCUT2D eigenvalue weighted by Gasteiger charge is 2.26. The number of rotatable bonds is 8. The van der Waals surface area contributed by atoms with E-state index in [0.29, 0.717) is 43.6 Å². The predicted octanol–water partition coefficient (Wildman–Crippen LogP) is 7.69. The number of para-hydroxylation sites is 1. The second kappa shape index (κ2) is 11.1. The number of carboxylic acid groups (broad SMARTS) is 2. The fraction of sp³-hybridized carbons (Fsp3) is 0.0526. The SMILES string of the molecule is O=C(O)c1ccc2c3ccc(C(=O)Nc4ccccc4)c4c(C(=O)O)ccc(c5ccc(C(=O)CC(O)c6ccccc6)c1c52)c43. The summed E-state index contributed by atoms with van der Waals surface area (Å²) in [5.41, 5.74) is 1.33. The quantitative estimate of drug-likeness (QED) is 0.0788. The van der Waals surface area contributed by atoms with Crippen molar-refractivity contribution >= 4 is 72.4 Å². The minimum atomic E-state index is -1.22. The molecule has 1 atom stereocenters. The van der Waals surface area contributed by atoms with E-state index >= 15 is 0 Å². The normalized spacial score (nSPS) is 12.1. The Labute approximate surface area is 261 Å². The number of Topliss-reactive ketones (excluding diaryl/α,β-unsaturated/α-hetero) is 1. The van der Waals surface area contributed by atoms with Crippen LogP contribution in [0.15, 0.2) is 109 Å². The van der Waals surface area contributed by atoms with Gasteiger partial charge in [-0.3, -0.25) is 9.59 Å². The van der Waals surface area contributed by atoms with E-state index in [-0.39, 0.29) is 39.4 Å². The number of carboxylic acids is 2. The summed E-state index contributed by atoms with van der Waals surface area (Å²) in [6, 6.07) is 30.3. The van der Waals surface area contributed by atoms with Gasteiger partial charge in [-0.2, -0.15) is 0 Å². The highest BCUT2D eigenvalue weighted by molar-refractivity contribution is 6.38. The molecule has 7 rings (SSSR count). The molecule has 1 unspecified atom stereocenters. The van der Waals surface area contributed by atoms with E-state index < -0.39 is 29.7 Å². The van der Waals surface area contributed by atoms with Gasteiger partial charge in [-0.15, -0.1) is 0 Å². The molecule has 7 aromatic rings. The van der Waals surface area contributed by atoms with Crippen molar-refractivity contribution in [1.29, 1.82) is 0 Å². The van der Waals surface area contributed by atoms with E-state index in [9.17, 15) is 34.5 Å². The van der Waals surface area contributed by atoms with Crippen molar-refractivity contribution in [2.24, 2.45) is 0 Å². The average Bonchev–Trinajstić information content (AvgIpc) is 3.06. The molecule has 0 spiro atoms. The minimum Gasteiger partial charge on any atom is -0.478 e. The van der Waals surface area contributed by atoms with Crippen molar-refractivity contribution in [2.45, 2.75) is 12.5 Å². The summed E-state index contributed by atoms with van der Waals surface area (Å²) in [6.07, 6.45) is -1.34. The summed E-state index contributed by atoms with van der Waals surface area (Å²) in [5, 5.41) is 38.0. The molecule has 0 saturated carbocycles. The molecule has 0 heterocycles. The van der Waals surface area contributed by atoms with Crippen molar-refractivity contribution in [1.82, 2.24) is 0 Å². The Kier molecular flexibility index (Phi) is 6.91. The molecule has 0 saturated heterocycles. The van der Waals surface area contributed by atoms with Gasteiger partial charge < -0.3 is 20.6 Å². The average molecular weight is 608 g/mol. The second-order valence-corrected chi connectivity index (χ2v) is 11.1. The zero-order valence-corrected chi connectivity index (χ0v) is 24.2. The van der Waals surface area contributed by atoms with Gasteiger partial charge in [0.1, 0.15) is 0 Å². The standard InChI is InChI=1S/C38H25NO7/c40-30(20-7-3-1-4-8-20)19-31(41)26-15-11-22-25-14-18-29(38(45)46)35-27(36(42)39-21-9-5-2-6-10-21)16-12-23(33(25)35)24-13-17-28(37(43)44)34(26)32(22)24/h1-18,30,40H,19H2,(H,39,42)(H,43,44)(H,45,46). The minimum absolute atomic E-state index is 0.0534. The summed E-state index contributed by atoms with van der Waals surface area (Å²) < 4.78 is 0. The number of nitrogens with one attached hydrogen (secondary N) is 1. The Balaban J connectivity index is 1.50.